The normalized spacial score (nSPS) is 16.8. The first-order valence-corrected chi connectivity index (χ1v) is 5.60. The molecule has 3 atom stereocenters. The monoisotopic (exact) mass is 284 g/mol. The smallest absolute Gasteiger partial charge is 1.00 e. The van der Waals surface area contributed by atoms with E-state index in [1.165, 1.54) is 0 Å². The van der Waals surface area contributed by atoms with E-state index in [-0.39, 0.29) is 31.0 Å². The molecular formula is C6H14NaO9P. The molecule has 0 aromatic rings. The predicted molar refractivity (Wildman–Crippen MR) is 49.2 cm³/mol. The minimum atomic E-state index is -4.85. The fourth-order valence-corrected chi connectivity index (χ4v) is 1.04. The summed E-state index contributed by atoms with van der Waals surface area (Å²) in [6, 6.07) is 0. The molecule has 0 aliphatic heterocycles. The summed E-state index contributed by atoms with van der Waals surface area (Å²) in [7, 11) is -4.85. The first-order chi connectivity index (χ1) is 7.19. The van der Waals surface area contributed by atoms with Crippen LogP contribution in [-0.2, 0) is 13.9 Å². The molecule has 0 spiro atoms. The molecule has 0 saturated heterocycles. The Balaban J connectivity index is -0.00000112. The van der Waals surface area contributed by atoms with Crippen molar-refractivity contribution < 1.29 is 75.1 Å². The Morgan fingerprint density at radius 3 is 2.12 bits per heavy atom. The number of phosphoric acid groups is 1. The number of aliphatic hydroxyl groups excluding tert-OH is 4. The molecule has 0 rings (SSSR count). The summed E-state index contributed by atoms with van der Waals surface area (Å²) in [4.78, 5) is 27.5. The van der Waals surface area contributed by atoms with Crippen molar-refractivity contribution in [1.82, 2.24) is 0 Å². The van der Waals surface area contributed by atoms with Gasteiger partial charge >= 0.3 is 37.4 Å². The van der Waals surface area contributed by atoms with Gasteiger partial charge in [-0.2, -0.15) is 0 Å². The zero-order valence-corrected chi connectivity index (χ0v) is 11.9. The molecule has 0 radical (unpaired) electrons. The Bertz CT molecular complexity index is 284. The second-order valence-electron chi connectivity index (χ2n) is 2.92. The standard InChI is InChI=1S/C6H13O9P.Na.H/c7-1-3(8)5(10)6(11)4(9)2-15-16(12,13)14;;/h3,5-8,10-11H,1-2H2,(H2,12,13,14);;/q;+1;-1/t3-,5+,6+;;/m1../s1. The van der Waals surface area contributed by atoms with Gasteiger partial charge in [-0.15, -0.1) is 0 Å². The van der Waals surface area contributed by atoms with E-state index >= 15 is 0 Å². The molecule has 17 heavy (non-hydrogen) atoms. The van der Waals surface area contributed by atoms with Crippen molar-refractivity contribution in [2.75, 3.05) is 13.2 Å². The van der Waals surface area contributed by atoms with E-state index in [1.54, 1.807) is 0 Å². The maximum atomic E-state index is 11.0. The van der Waals surface area contributed by atoms with Crippen molar-refractivity contribution >= 4 is 13.6 Å². The summed E-state index contributed by atoms with van der Waals surface area (Å²) >= 11 is 0. The number of Topliss-reactive ketones (excluding diaryl/α,β-unsaturated/α-hetero) is 1. The fourth-order valence-electron chi connectivity index (χ4n) is 0.742. The molecule has 0 bridgehead atoms. The number of rotatable bonds is 7. The van der Waals surface area contributed by atoms with Crippen molar-refractivity contribution in [3.8, 4) is 0 Å². The van der Waals surface area contributed by atoms with Gasteiger partial charge in [0.05, 0.1) is 6.61 Å². The molecule has 0 fully saturated rings. The van der Waals surface area contributed by atoms with Crippen molar-refractivity contribution in [3.63, 3.8) is 0 Å². The Kier molecular flexibility index (Phi) is 10.2. The summed E-state index contributed by atoms with van der Waals surface area (Å²) < 4.78 is 14.0. The van der Waals surface area contributed by atoms with Crippen molar-refractivity contribution in [1.29, 1.82) is 0 Å². The molecule has 98 valence electrons. The second kappa shape index (κ2) is 8.68. The topological polar surface area (TPSA) is 165 Å². The van der Waals surface area contributed by atoms with Crippen LogP contribution in [0.4, 0.5) is 0 Å². The number of aliphatic hydroxyl groups is 4. The van der Waals surface area contributed by atoms with Crippen LogP contribution >= 0.6 is 7.82 Å². The molecule has 0 heterocycles. The average Bonchev–Trinajstić information content (AvgIpc) is 2.21. The first kappa shape index (κ1) is 19.9. The number of phosphoric ester groups is 1. The van der Waals surface area contributed by atoms with Gasteiger partial charge in [0.15, 0.2) is 5.78 Å². The van der Waals surface area contributed by atoms with Crippen LogP contribution in [0.3, 0.4) is 0 Å². The molecule has 0 amide bonds. The molecule has 0 saturated carbocycles. The van der Waals surface area contributed by atoms with Gasteiger partial charge in [-0.05, 0) is 0 Å². The number of carbonyl (C=O) groups excluding carboxylic acids is 1. The Hall–Kier alpha value is 0.620. The molecule has 0 aromatic carbocycles. The van der Waals surface area contributed by atoms with Gasteiger partial charge in [-0.3, -0.25) is 9.32 Å². The quantitative estimate of drug-likeness (QED) is 0.197. The molecule has 0 unspecified atom stereocenters. The number of ketones is 1. The van der Waals surface area contributed by atoms with E-state index in [0.717, 1.165) is 0 Å². The summed E-state index contributed by atoms with van der Waals surface area (Å²) in [5.41, 5.74) is 0. The summed E-state index contributed by atoms with van der Waals surface area (Å²) in [6.07, 6.45) is -5.81. The summed E-state index contributed by atoms with van der Waals surface area (Å²) in [5, 5.41) is 35.4. The number of hydrogen-bond acceptors (Lipinski definition) is 7. The zero-order chi connectivity index (χ0) is 12.9. The van der Waals surface area contributed by atoms with Crippen LogP contribution in [0, 0.1) is 0 Å². The third kappa shape index (κ3) is 8.36. The largest absolute Gasteiger partial charge is 1.00 e. The molecule has 0 aromatic heterocycles. The molecular weight excluding hydrogens is 270 g/mol. The van der Waals surface area contributed by atoms with Crippen LogP contribution in [0.1, 0.15) is 1.43 Å². The predicted octanol–water partition coefficient (Wildman–Crippen LogP) is -6.14. The number of hydrogen-bond donors (Lipinski definition) is 6. The van der Waals surface area contributed by atoms with Gasteiger partial charge in [0, 0.05) is 0 Å². The Morgan fingerprint density at radius 1 is 1.29 bits per heavy atom. The van der Waals surface area contributed by atoms with E-state index in [0.29, 0.717) is 0 Å². The summed E-state index contributed by atoms with van der Waals surface area (Å²) in [6.45, 7) is -2.01. The van der Waals surface area contributed by atoms with Gasteiger partial charge in [0.1, 0.15) is 24.9 Å². The van der Waals surface area contributed by atoms with Crippen LogP contribution in [0.15, 0.2) is 0 Å². The van der Waals surface area contributed by atoms with Crippen LogP contribution in [0.2, 0.25) is 0 Å². The van der Waals surface area contributed by atoms with Crippen molar-refractivity contribution in [2.24, 2.45) is 0 Å². The maximum absolute atomic E-state index is 11.0. The van der Waals surface area contributed by atoms with Gasteiger partial charge in [0.25, 0.3) is 0 Å². The third-order valence-electron chi connectivity index (χ3n) is 1.61. The maximum Gasteiger partial charge on any atom is 1.00 e. The van der Waals surface area contributed by atoms with Crippen LogP contribution in [-0.4, -0.2) is 67.5 Å². The van der Waals surface area contributed by atoms with Crippen LogP contribution < -0.4 is 29.6 Å². The van der Waals surface area contributed by atoms with Gasteiger partial charge in [-0.1, -0.05) is 0 Å². The molecule has 9 nitrogen and oxygen atoms in total. The fraction of sp³-hybridized carbons (Fsp3) is 0.833. The van der Waals surface area contributed by atoms with E-state index < -0.39 is 45.1 Å². The van der Waals surface area contributed by atoms with E-state index in [4.69, 9.17) is 30.2 Å². The van der Waals surface area contributed by atoms with Gasteiger partial charge in [0.2, 0.25) is 0 Å². The van der Waals surface area contributed by atoms with Gasteiger partial charge in [-0.25, -0.2) is 4.57 Å². The minimum Gasteiger partial charge on any atom is -1.00 e. The van der Waals surface area contributed by atoms with Crippen LogP contribution in [0.25, 0.3) is 0 Å². The van der Waals surface area contributed by atoms with Crippen LogP contribution in [0.5, 0.6) is 0 Å². The minimum absolute atomic E-state index is 0. The van der Waals surface area contributed by atoms with E-state index in [1.807, 2.05) is 0 Å². The second-order valence-corrected chi connectivity index (χ2v) is 4.16. The number of carbonyl (C=O) groups is 1. The van der Waals surface area contributed by atoms with Crippen molar-refractivity contribution in [2.45, 2.75) is 18.3 Å². The third-order valence-corrected chi connectivity index (χ3v) is 2.08. The Morgan fingerprint density at radius 2 is 1.76 bits per heavy atom. The molecule has 6 N–H and O–H groups in total. The average molecular weight is 284 g/mol. The van der Waals surface area contributed by atoms with E-state index in [9.17, 15) is 9.36 Å². The zero-order valence-electron chi connectivity index (χ0n) is 10.0. The van der Waals surface area contributed by atoms with E-state index in [2.05, 4.69) is 4.52 Å². The summed E-state index contributed by atoms with van der Waals surface area (Å²) in [5.74, 6) is -1.23. The molecule has 0 aliphatic carbocycles. The Labute approximate surface area is 120 Å². The molecule has 11 heteroatoms. The molecule has 0 aliphatic rings. The first-order valence-electron chi connectivity index (χ1n) is 4.07. The van der Waals surface area contributed by atoms with Gasteiger partial charge < -0.3 is 31.6 Å². The SMILES string of the molecule is O=C(COP(=O)(O)O)[C@H](O)[C@@H](O)[C@H](O)CO.[H-].[Na+]. The van der Waals surface area contributed by atoms with Crippen molar-refractivity contribution in [3.05, 3.63) is 0 Å².